The first-order chi connectivity index (χ1) is 8.11. The molecule has 17 heavy (non-hydrogen) atoms. The lowest BCUT2D eigenvalue weighted by Crippen LogP contribution is -1.94. The van der Waals surface area contributed by atoms with Crippen LogP contribution in [0.4, 0.5) is 0 Å². The fourth-order valence-corrected chi connectivity index (χ4v) is 2.25. The van der Waals surface area contributed by atoms with Crippen molar-refractivity contribution in [2.75, 3.05) is 7.11 Å². The van der Waals surface area contributed by atoms with Crippen LogP contribution in [0.5, 0.6) is 17.2 Å². The molecule has 0 amide bonds. The predicted molar refractivity (Wildman–Crippen MR) is 67.9 cm³/mol. The zero-order valence-corrected chi connectivity index (χ0v) is 10.2. The van der Waals surface area contributed by atoms with Gasteiger partial charge in [-0.05, 0) is 18.9 Å². The minimum Gasteiger partial charge on any atom is -0.507 e. The van der Waals surface area contributed by atoms with E-state index in [1.165, 1.54) is 7.11 Å². The van der Waals surface area contributed by atoms with E-state index in [2.05, 4.69) is 0 Å². The van der Waals surface area contributed by atoms with Gasteiger partial charge in [-0.1, -0.05) is 25.1 Å². The third kappa shape index (κ3) is 1.58. The third-order valence-corrected chi connectivity index (χ3v) is 3.10. The van der Waals surface area contributed by atoms with Crippen molar-refractivity contribution in [1.82, 2.24) is 0 Å². The molecule has 0 aliphatic carbocycles. The zero-order valence-electron chi connectivity index (χ0n) is 10.2. The van der Waals surface area contributed by atoms with Gasteiger partial charge >= 0.3 is 0 Å². The molecule has 0 atom stereocenters. The summed E-state index contributed by atoms with van der Waals surface area (Å²) in [5.74, 6) is 0.669. The van der Waals surface area contributed by atoms with E-state index in [0.29, 0.717) is 28.5 Å². The molecule has 2 rings (SSSR count). The van der Waals surface area contributed by atoms with E-state index >= 15 is 0 Å². The van der Waals surface area contributed by atoms with Crippen molar-refractivity contribution in [3.63, 3.8) is 0 Å². The third-order valence-electron chi connectivity index (χ3n) is 3.10. The van der Waals surface area contributed by atoms with Gasteiger partial charge in [0.1, 0.15) is 5.75 Å². The van der Waals surface area contributed by atoms with Crippen LogP contribution >= 0.6 is 0 Å². The topological polar surface area (TPSA) is 49.7 Å². The molecule has 0 aliphatic rings. The standard InChI is InChI=1S/C14H16O3/c1-4-9-12(15)10-7-5-6-8(2)11(10)13(16)14(9)17-3/h5-7,15-16H,4H2,1-3H3. The van der Waals surface area contributed by atoms with E-state index in [1.54, 1.807) is 6.07 Å². The predicted octanol–water partition coefficient (Wildman–Crippen LogP) is 3.13. The van der Waals surface area contributed by atoms with E-state index in [-0.39, 0.29) is 11.5 Å². The Morgan fingerprint density at radius 2 is 1.88 bits per heavy atom. The number of phenols is 2. The SMILES string of the molecule is CCc1c(OC)c(O)c2c(C)cccc2c1O. The van der Waals surface area contributed by atoms with Crippen LogP contribution in [0.2, 0.25) is 0 Å². The molecule has 3 nitrogen and oxygen atoms in total. The highest BCUT2D eigenvalue weighted by Crippen LogP contribution is 2.45. The smallest absolute Gasteiger partial charge is 0.168 e. The molecule has 0 bridgehead atoms. The molecule has 0 saturated carbocycles. The molecule has 0 fully saturated rings. The van der Waals surface area contributed by atoms with Crippen molar-refractivity contribution >= 4 is 10.8 Å². The summed E-state index contributed by atoms with van der Waals surface area (Å²) in [5.41, 5.74) is 1.55. The molecule has 2 aromatic rings. The molecule has 2 N–H and O–H groups in total. The fourth-order valence-electron chi connectivity index (χ4n) is 2.25. The largest absolute Gasteiger partial charge is 0.507 e. The maximum Gasteiger partial charge on any atom is 0.168 e. The molecule has 2 aromatic carbocycles. The van der Waals surface area contributed by atoms with Gasteiger partial charge in [-0.3, -0.25) is 0 Å². The number of hydrogen-bond acceptors (Lipinski definition) is 3. The van der Waals surface area contributed by atoms with E-state index in [4.69, 9.17) is 4.74 Å². The van der Waals surface area contributed by atoms with Crippen molar-refractivity contribution in [3.05, 3.63) is 29.3 Å². The highest BCUT2D eigenvalue weighted by Gasteiger charge is 2.19. The normalized spacial score (nSPS) is 10.8. The Bertz CT molecular complexity index is 573. The highest BCUT2D eigenvalue weighted by atomic mass is 16.5. The lowest BCUT2D eigenvalue weighted by molar-refractivity contribution is 0.367. The average Bonchev–Trinajstić information content (AvgIpc) is 2.33. The van der Waals surface area contributed by atoms with Gasteiger partial charge in [-0.2, -0.15) is 0 Å². The molecule has 0 heterocycles. The summed E-state index contributed by atoms with van der Waals surface area (Å²) in [7, 11) is 1.50. The average molecular weight is 232 g/mol. The summed E-state index contributed by atoms with van der Waals surface area (Å²) < 4.78 is 5.20. The van der Waals surface area contributed by atoms with Gasteiger partial charge in [0.15, 0.2) is 11.5 Å². The van der Waals surface area contributed by atoms with Gasteiger partial charge in [-0.25, -0.2) is 0 Å². The van der Waals surface area contributed by atoms with Gasteiger partial charge < -0.3 is 14.9 Å². The van der Waals surface area contributed by atoms with Crippen LogP contribution in [-0.2, 0) is 6.42 Å². The Hall–Kier alpha value is -1.90. The molecule has 3 heteroatoms. The maximum absolute atomic E-state index is 10.2. The van der Waals surface area contributed by atoms with Gasteiger partial charge in [0.05, 0.1) is 7.11 Å². The zero-order chi connectivity index (χ0) is 12.6. The van der Waals surface area contributed by atoms with Crippen molar-refractivity contribution in [1.29, 1.82) is 0 Å². The minimum atomic E-state index is 0.107. The minimum absolute atomic E-state index is 0.107. The summed E-state index contributed by atoms with van der Waals surface area (Å²) >= 11 is 0. The molecular formula is C14H16O3. The molecule has 0 aliphatic heterocycles. The number of phenolic OH excluding ortho intramolecular Hbond substituents is 2. The van der Waals surface area contributed by atoms with Crippen LogP contribution in [0.3, 0.4) is 0 Å². The van der Waals surface area contributed by atoms with Crippen LogP contribution in [-0.4, -0.2) is 17.3 Å². The lowest BCUT2D eigenvalue weighted by atomic mass is 9.98. The van der Waals surface area contributed by atoms with Crippen LogP contribution in [0.25, 0.3) is 10.8 Å². The number of aromatic hydroxyl groups is 2. The number of benzene rings is 2. The number of fused-ring (bicyclic) bond motifs is 1. The highest BCUT2D eigenvalue weighted by molar-refractivity contribution is 5.98. The molecule has 0 unspecified atom stereocenters. The second-order valence-electron chi connectivity index (χ2n) is 4.06. The van der Waals surface area contributed by atoms with Gasteiger partial charge in [-0.15, -0.1) is 0 Å². The van der Waals surface area contributed by atoms with E-state index < -0.39 is 0 Å². The summed E-state index contributed by atoms with van der Waals surface area (Å²) in [6.07, 6.45) is 0.604. The number of ether oxygens (including phenoxy) is 1. The van der Waals surface area contributed by atoms with Gasteiger partial charge in [0.2, 0.25) is 0 Å². The molecule has 0 spiro atoms. The number of aryl methyl sites for hydroxylation is 1. The second kappa shape index (κ2) is 4.17. The Labute approximate surface area is 100 Å². The molecule has 90 valence electrons. The number of methoxy groups -OCH3 is 1. The number of hydrogen-bond donors (Lipinski definition) is 2. The summed E-state index contributed by atoms with van der Waals surface area (Å²) in [6.45, 7) is 3.81. The van der Waals surface area contributed by atoms with E-state index in [1.807, 2.05) is 26.0 Å². The Morgan fingerprint density at radius 1 is 1.18 bits per heavy atom. The summed E-state index contributed by atoms with van der Waals surface area (Å²) in [4.78, 5) is 0. The van der Waals surface area contributed by atoms with Crippen LogP contribution in [0.1, 0.15) is 18.1 Å². The second-order valence-corrected chi connectivity index (χ2v) is 4.06. The van der Waals surface area contributed by atoms with E-state index in [0.717, 1.165) is 5.56 Å². The van der Waals surface area contributed by atoms with Crippen molar-refractivity contribution in [2.45, 2.75) is 20.3 Å². The van der Waals surface area contributed by atoms with Crippen molar-refractivity contribution < 1.29 is 14.9 Å². The number of rotatable bonds is 2. The first-order valence-electron chi connectivity index (χ1n) is 5.61. The first kappa shape index (κ1) is 11.6. The van der Waals surface area contributed by atoms with Crippen molar-refractivity contribution in [3.8, 4) is 17.2 Å². The van der Waals surface area contributed by atoms with Gasteiger partial charge in [0.25, 0.3) is 0 Å². The van der Waals surface area contributed by atoms with Crippen LogP contribution in [0, 0.1) is 6.92 Å². The molecule has 0 saturated heterocycles. The fraction of sp³-hybridized carbons (Fsp3) is 0.286. The molecule has 0 radical (unpaired) electrons. The van der Waals surface area contributed by atoms with E-state index in [9.17, 15) is 10.2 Å². The maximum atomic E-state index is 10.2. The van der Waals surface area contributed by atoms with Crippen molar-refractivity contribution in [2.24, 2.45) is 0 Å². The summed E-state index contributed by atoms with van der Waals surface area (Å²) in [6, 6.07) is 5.56. The molecular weight excluding hydrogens is 216 g/mol. The Morgan fingerprint density at radius 3 is 2.47 bits per heavy atom. The summed E-state index contributed by atoms with van der Waals surface area (Å²) in [5, 5.41) is 21.8. The molecule has 0 aromatic heterocycles. The quantitative estimate of drug-likeness (QED) is 0.782. The van der Waals surface area contributed by atoms with Crippen LogP contribution in [0.15, 0.2) is 18.2 Å². The Kier molecular flexibility index (Phi) is 2.84. The van der Waals surface area contributed by atoms with Gasteiger partial charge in [0, 0.05) is 16.3 Å². The monoisotopic (exact) mass is 232 g/mol. The Balaban J connectivity index is 2.99. The lowest BCUT2D eigenvalue weighted by Gasteiger charge is -2.15. The van der Waals surface area contributed by atoms with Crippen LogP contribution < -0.4 is 4.74 Å². The first-order valence-corrected chi connectivity index (χ1v) is 5.61.